The van der Waals surface area contributed by atoms with Crippen molar-refractivity contribution in [1.82, 2.24) is 4.57 Å². The average molecular weight is 961 g/mol. The number of nitrogens with zero attached hydrogens (tertiary/aromatic N) is 2. The smallest absolute Gasteiger partial charge is 0.179 e. The lowest BCUT2D eigenvalue weighted by atomic mass is 9.98. The Morgan fingerprint density at radius 2 is 0.851 bits per heavy atom. The highest BCUT2D eigenvalue weighted by molar-refractivity contribution is 7.19. The van der Waals surface area contributed by atoms with Crippen LogP contribution in [-0.4, -0.2) is 12.6 Å². The quantitative estimate of drug-likeness (QED) is 0.101. The molecule has 0 spiro atoms. The summed E-state index contributed by atoms with van der Waals surface area (Å²) in [6.07, 6.45) is 0. The van der Waals surface area contributed by atoms with Crippen molar-refractivity contribution in [3.63, 3.8) is 0 Å². The second-order valence-corrected chi connectivity index (χ2v) is 23.0. The fourth-order valence-corrected chi connectivity index (χ4v) is 16.6. The summed E-state index contributed by atoms with van der Waals surface area (Å²) in [6, 6.07) is 107. The number of hydrogen-bond acceptors (Lipinski definition) is 2. The highest BCUT2D eigenvalue weighted by Crippen LogP contribution is 2.45. The first-order chi connectivity index (χ1) is 36.7. The van der Waals surface area contributed by atoms with Crippen molar-refractivity contribution in [2.45, 2.75) is 0 Å². The first-order valence-electron chi connectivity index (χ1n) is 25.4. The van der Waals surface area contributed by atoms with Crippen LogP contribution < -0.4 is 25.6 Å². The number of para-hydroxylation sites is 2. The minimum absolute atomic E-state index is 0.873. The van der Waals surface area contributed by atoms with Crippen molar-refractivity contribution in [3.8, 4) is 27.9 Å². The fourth-order valence-electron chi connectivity index (χ4n) is 11.8. The third kappa shape index (κ3) is 7.10. The SMILES string of the molecule is c1ccc([Si](c2ccccc2)(c2ccccc2)c2cccc(-c3ccc(N(c4ccc(-c5cccc6ccccc56)cc4)c4cccc5c4c4ccccc4n5-c4ccc5c(c4)oc4ccccc45)cc3)c2)cc1. The Labute approximate surface area is 431 Å². The summed E-state index contributed by atoms with van der Waals surface area (Å²) >= 11 is 0. The van der Waals surface area contributed by atoms with Gasteiger partial charge in [0.05, 0.1) is 16.7 Å². The Balaban J connectivity index is 0.932. The minimum Gasteiger partial charge on any atom is -0.456 e. The zero-order chi connectivity index (χ0) is 49.0. The molecule has 14 rings (SSSR count). The van der Waals surface area contributed by atoms with E-state index in [0.717, 1.165) is 61.3 Å². The Kier molecular flexibility index (Phi) is 10.5. The first kappa shape index (κ1) is 43.3. The summed E-state index contributed by atoms with van der Waals surface area (Å²) < 4.78 is 8.85. The zero-order valence-corrected chi connectivity index (χ0v) is 41.5. The topological polar surface area (TPSA) is 21.3 Å². The van der Waals surface area contributed by atoms with Crippen molar-refractivity contribution in [2.75, 3.05) is 4.90 Å². The van der Waals surface area contributed by atoms with Crippen LogP contribution >= 0.6 is 0 Å². The van der Waals surface area contributed by atoms with Gasteiger partial charge < -0.3 is 13.9 Å². The molecule has 0 bridgehead atoms. The van der Waals surface area contributed by atoms with Gasteiger partial charge in [-0.2, -0.15) is 0 Å². The van der Waals surface area contributed by atoms with E-state index in [1.54, 1.807) is 0 Å². The summed E-state index contributed by atoms with van der Waals surface area (Å²) in [5, 5.41) is 12.5. The molecule has 0 saturated heterocycles. The lowest BCUT2D eigenvalue weighted by Gasteiger charge is -2.34. The van der Waals surface area contributed by atoms with Gasteiger partial charge in [0.25, 0.3) is 0 Å². The molecule has 0 atom stereocenters. The molecule has 74 heavy (non-hydrogen) atoms. The molecule has 348 valence electrons. The Hall–Kier alpha value is -9.48. The molecule has 4 heteroatoms. The van der Waals surface area contributed by atoms with Crippen LogP contribution in [0.3, 0.4) is 0 Å². The normalized spacial score (nSPS) is 11.8. The van der Waals surface area contributed by atoms with E-state index in [0.29, 0.717) is 0 Å². The van der Waals surface area contributed by atoms with E-state index in [1.807, 2.05) is 12.1 Å². The number of rotatable bonds is 10. The van der Waals surface area contributed by atoms with Crippen molar-refractivity contribution < 1.29 is 4.42 Å². The third-order valence-electron chi connectivity index (χ3n) is 15.1. The van der Waals surface area contributed by atoms with E-state index in [1.165, 1.54) is 59.0 Å². The molecule has 12 aromatic carbocycles. The molecule has 0 N–H and O–H groups in total. The molecule has 0 aliphatic rings. The van der Waals surface area contributed by atoms with Crippen LogP contribution in [0.25, 0.3) is 82.5 Å². The van der Waals surface area contributed by atoms with Crippen LogP contribution in [0.2, 0.25) is 0 Å². The average Bonchev–Trinajstić information content (AvgIpc) is 4.03. The van der Waals surface area contributed by atoms with Crippen molar-refractivity contribution in [3.05, 3.63) is 291 Å². The lowest BCUT2D eigenvalue weighted by molar-refractivity contribution is 0.668. The monoisotopic (exact) mass is 960 g/mol. The van der Waals surface area contributed by atoms with Gasteiger partial charge >= 0.3 is 0 Å². The second-order valence-electron chi connectivity index (χ2n) is 19.2. The minimum atomic E-state index is -2.73. The predicted molar refractivity (Wildman–Crippen MR) is 315 cm³/mol. The van der Waals surface area contributed by atoms with E-state index >= 15 is 0 Å². The maximum atomic E-state index is 6.46. The van der Waals surface area contributed by atoms with Gasteiger partial charge in [0, 0.05) is 44.7 Å². The van der Waals surface area contributed by atoms with Crippen LogP contribution in [0.5, 0.6) is 0 Å². The Bertz CT molecular complexity index is 4250. The lowest BCUT2D eigenvalue weighted by Crippen LogP contribution is -2.74. The number of furan rings is 1. The van der Waals surface area contributed by atoms with Crippen molar-refractivity contribution in [1.29, 1.82) is 0 Å². The summed E-state index contributed by atoms with van der Waals surface area (Å²) in [5.74, 6) is 0. The number of aromatic nitrogens is 1. The largest absolute Gasteiger partial charge is 0.456 e. The number of hydrogen-bond donors (Lipinski definition) is 0. The van der Waals surface area contributed by atoms with Gasteiger partial charge in [-0.3, -0.25) is 0 Å². The summed E-state index contributed by atoms with van der Waals surface area (Å²) in [5.41, 5.74) is 13.1. The number of fused-ring (bicyclic) bond motifs is 7. The van der Waals surface area contributed by atoms with E-state index < -0.39 is 8.07 Å². The molecular formula is C70H48N2OSi. The number of benzene rings is 12. The standard InChI is InChI=1S/C70H48N2OSi/c1-4-22-56(23-5-1)74(57-24-6-2-7-25-57,58-26-8-3-9-27-58)59-28-16-21-52(47-59)49-37-41-53(42-38-49)71(54-43-39-51(40-44-54)61-32-17-20-50-19-10-11-29-60(50)61)66-34-18-35-67-70(66)64-31-12-14-33-65(64)72(67)55-45-46-63-62-30-13-15-36-68(62)73-69(63)48-55/h1-48H. The summed E-state index contributed by atoms with van der Waals surface area (Å²) in [4.78, 5) is 2.44. The molecule has 0 radical (unpaired) electrons. The molecule has 3 nitrogen and oxygen atoms in total. The molecule has 0 amide bonds. The molecule has 2 heterocycles. The summed E-state index contributed by atoms with van der Waals surface area (Å²) in [6.45, 7) is 0. The van der Waals surface area contributed by atoms with E-state index in [-0.39, 0.29) is 0 Å². The maximum absolute atomic E-state index is 6.46. The Morgan fingerprint density at radius 1 is 0.324 bits per heavy atom. The molecule has 2 aromatic heterocycles. The molecular weight excluding hydrogens is 913 g/mol. The van der Waals surface area contributed by atoms with Gasteiger partial charge in [-0.25, -0.2) is 0 Å². The van der Waals surface area contributed by atoms with Gasteiger partial charge in [-0.15, -0.1) is 0 Å². The summed E-state index contributed by atoms with van der Waals surface area (Å²) in [7, 11) is -2.73. The number of anilines is 3. The van der Waals surface area contributed by atoms with Crippen LogP contribution in [0.1, 0.15) is 0 Å². The van der Waals surface area contributed by atoms with Crippen LogP contribution in [0, 0.1) is 0 Å². The van der Waals surface area contributed by atoms with Gasteiger partial charge in [0.15, 0.2) is 8.07 Å². The molecule has 0 saturated carbocycles. The second kappa shape index (κ2) is 18.0. The van der Waals surface area contributed by atoms with E-state index in [2.05, 4.69) is 289 Å². The fraction of sp³-hybridized carbons (Fsp3) is 0. The molecule has 0 unspecified atom stereocenters. The van der Waals surface area contributed by atoms with Gasteiger partial charge in [0.2, 0.25) is 0 Å². The Morgan fingerprint density at radius 3 is 1.55 bits per heavy atom. The van der Waals surface area contributed by atoms with Crippen molar-refractivity contribution >= 4 is 100 Å². The van der Waals surface area contributed by atoms with Gasteiger partial charge in [-0.1, -0.05) is 224 Å². The maximum Gasteiger partial charge on any atom is 0.179 e. The highest BCUT2D eigenvalue weighted by atomic mass is 28.3. The van der Waals surface area contributed by atoms with Gasteiger partial charge in [0.1, 0.15) is 11.2 Å². The van der Waals surface area contributed by atoms with Gasteiger partial charge in [-0.05, 0) is 114 Å². The predicted octanol–water partition coefficient (Wildman–Crippen LogP) is 16.0. The molecule has 14 aromatic rings. The van der Waals surface area contributed by atoms with Crippen LogP contribution in [-0.2, 0) is 0 Å². The van der Waals surface area contributed by atoms with E-state index in [4.69, 9.17) is 4.42 Å². The van der Waals surface area contributed by atoms with Crippen LogP contribution in [0.4, 0.5) is 17.1 Å². The molecule has 0 aliphatic carbocycles. The highest BCUT2D eigenvalue weighted by Gasteiger charge is 2.41. The third-order valence-corrected chi connectivity index (χ3v) is 19.9. The zero-order valence-electron chi connectivity index (χ0n) is 40.5. The molecule has 0 fully saturated rings. The molecule has 0 aliphatic heterocycles. The van der Waals surface area contributed by atoms with Crippen LogP contribution in [0.15, 0.2) is 296 Å². The van der Waals surface area contributed by atoms with Crippen molar-refractivity contribution in [2.24, 2.45) is 0 Å². The first-order valence-corrected chi connectivity index (χ1v) is 27.4. The van der Waals surface area contributed by atoms with E-state index in [9.17, 15) is 0 Å².